The largest absolute Gasteiger partial charge is 0.494 e. The molecule has 0 saturated heterocycles. The van der Waals surface area contributed by atoms with Gasteiger partial charge in [-0.05, 0) is 62.6 Å². The Bertz CT molecular complexity index is 1420. The Morgan fingerprint density at radius 3 is 2.30 bits per heavy atom. The summed E-state index contributed by atoms with van der Waals surface area (Å²) in [7, 11) is 0. The first-order valence-corrected chi connectivity index (χ1v) is 12.5. The smallest absolute Gasteiger partial charge is 0.326 e. The Morgan fingerprint density at radius 1 is 0.946 bits per heavy atom. The quantitative estimate of drug-likeness (QED) is 0.309. The molecule has 7 nitrogen and oxygen atoms in total. The van der Waals surface area contributed by atoms with E-state index in [0.717, 1.165) is 45.8 Å². The van der Waals surface area contributed by atoms with Gasteiger partial charge >= 0.3 is 6.03 Å². The van der Waals surface area contributed by atoms with Crippen LogP contribution in [0.5, 0.6) is 5.75 Å². The number of carbonyl (C=O) groups is 1. The number of urea groups is 1. The van der Waals surface area contributed by atoms with Crippen LogP contribution < -0.4 is 15.0 Å². The number of anilines is 1. The van der Waals surface area contributed by atoms with Crippen LogP contribution in [-0.4, -0.2) is 22.8 Å². The molecule has 0 bridgehead atoms. The van der Waals surface area contributed by atoms with Crippen molar-refractivity contribution in [3.8, 4) is 17.1 Å². The number of rotatable bonds is 7. The average molecular weight is 495 g/mol. The van der Waals surface area contributed by atoms with E-state index in [1.807, 2.05) is 93.6 Å². The molecule has 188 valence electrons. The number of nitrogens with zero attached hydrogens (tertiary/aromatic N) is 3. The summed E-state index contributed by atoms with van der Waals surface area (Å²) in [5.74, 6) is 1.63. The molecule has 3 aromatic carbocycles. The number of aromatic nitrogens is 2. The lowest BCUT2D eigenvalue weighted by atomic mass is 9.94. The van der Waals surface area contributed by atoms with Crippen LogP contribution in [0.15, 0.2) is 83.0 Å². The zero-order valence-electron chi connectivity index (χ0n) is 21.5. The van der Waals surface area contributed by atoms with Gasteiger partial charge in [-0.3, -0.25) is 4.90 Å². The molecular formula is C30H30N4O3. The summed E-state index contributed by atoms with van der Waals surface area (Å²) in [6, 6.07) is 23.0. The number of nitrogens with one attached hydrogen (secondary N) is 1. The minimum absolute atomic E-state index is 0.220. The summed E-state index contributed by atoms with van der Waals surface area (Å²) in [6.07, 6.45) is 0.927. The fourth-order valence-electron chi connectivity index (χ4n) is 4.54. The molecule has 0 spiro atoms. The van der Waals surface area contributed by atoms with Crippen LogP contribution in [0.4, 0.5) is 10.5 Å². The van der Waals surface area contributed by atoms with Gasteiger partial charge in [0.15, 0.2) is 0 Å². The number of benzene rings is 3. The van der Waals surface area contributed by atoms with E-state index in [0.29, 0.717) is 18.3 Å². The third-order valence-electron chi connectivity index (χ3n) is 6.58. The van der Waals surface area contributed by atoms with Crippen LogP contribution in [0, 0.1) is 6.92 Å². The minimum Gasteiger partial charge on any atom is -0.494 e. The standard InChI is InChI=1S/C30H30N4O3/c1-5-21-9-15-24(16-10-21)34-20(4)26(29-32-28(33-37-29)23-11-7-19(3)8-12-23)27(31-30(34)35)22-13-17-25(18-14-22)36-6-2/h7-18,27H,5-6H2,1-4H3,(H,31,35). The van der Waals surface area contributed by atoms with Gasteiger partial charge < -0.3 is 14.6 Å². The van der Waals surface area contributed by atoms with Crippen LogP contribution in [0.3, 0.4) is 0 Å². The maximum Gasteiger partial charge on any atom is 0.326 e. The van der Waals surface area contributed by atoms with E-state index < -0.39 is 6.04 Å². The monoisotopic (exact) mass is 494 g/mol. The highest BCUT2D eigenvalue weighted by atomic mass is 16.5. The number of ether oxygens (including phenoxy) is 1. The lowest BCUT2D eigenvalue weighted by molar-refractivity contribution is 0.244. The molecule has 0 aliphatic carbocycles. The number of amides is 2. The average Bonchev–Trinajstić information content (AvgIpc) is 3.39. The first-order valence-electron chi connectivity index (χ1n) is 12.5. The van der Waals surface area contributed by atoms with Gasteiger partial charge in [-0.25, -0.2) is 4.79 Å². The lowest BCUT2D eigenvalue weighted by Crippen LogP contribution is -2.46. The molecule has 0 radical (unpaired) electrons. The van der Waals surface area contributed by atoms with Crippen LogP contribution in [-0.2, 0) is 6.42 Å². The zero-order chi connectivity index (χ0) is 25.9. The fraction of sp³-hybridized carbons (Fsp3) is 0.233. The van der Waals surface area contributed by atoms with Gasteiger partial charge in [0.2, 0.25) is 5.82 Å². The van der Waals surface area contributed by atoms with E-state index in [-0.39, 0.29) is 6.03 Å². The second-order valence-electron chi connectivity index (χ2n) is 9.03. The maximum absolute atomic E-state index is 13.4. The summed E-state index contributed by atoms with van der Waals surface area (Å²) in [6.45, 7) is 8.59. The molecule has 1 atom stereocenters. The van der Waals surface area contributed by atoms with E-state index in [1.165, 1.54) is 5.56 Å². The number of allylic oxidation sites excluding steroid dienone is 1. The molecule has 2 heterocycles. The minimum atomic E-state index is -0.472. The van der Waals surface area contributed by atoms with Gasteiger partial charge in [0.05, 0.1) is 23.9 Å². The van der Waals surface area contributed by atoms with Crippen molar-refractivity contribution < 1.29 is 14.1 Å². The maximum atomic E-state index is 13.4. The van der Waals surface area contributed by atoms with Crippen molar-refractivity contribution in [1.29, 1.82) is 0 Å². The van der Waals surface area contributed by atoms with E-state index in [9.17, 15) is 4.79 Å². The summed E-state index contributed by atoms with van der Waals surface area (Å²) < 4.78 is 11.4. The Morgan fingerprint density at radius 2 is 1.65 bits per heavy atom. The third-order valence-corrected chi connectivity index (χ3v) is 6.58. The van der Waals surface area contributed by atoms with Crippen LogP contribution in [0.2, 0.25) is 0 Å². The molecule has 1 aliphatic heterocycles. The second-order valence-corrected chi connectivity index (χ2v) is 9.03. The highest BCUT2D eigenvalue weighted by molar-refractivity contribution is 6.01. The molecule has 1 unspecified atom stereocenters. The Hall–Kier alpha value is -4.39. The van der Waals surface area contributed by atoms with Crippen molar-refractivity contribution in [3.63, 3.8) is 0 Å². The molecule has 1 N–H and O–H groups in total. The molecule has 7 heteroatoms. The predicted octanol–water partition coefficient (Wildman–Crippen LogP) is 6.71. The molecule has 4 aromatic rings. The highest BCUT2D eigenvalue weighted by Gasteiger charge is 2.36. The van der Waals surface area contributed by atoms with Crippen LogP contribution >= 0.6 is 0 Å². The van der Waals surface area contributed by atoms with E-state index in [4.69, 9.17) is 14.2 Å². The van der Waals surface area contributed by atoms with Gasteiger partial charge in [0.1, 0.15) is 5.75 Å². The molecule has 37 heavy (non-hydrogen) atoms. The molecule has 1 aliphatic rings. The zero-order valence-corrected chi connectivity index (χ0v) is 21.5. The second kappa shape index (κ2) is 10.3. The van der Waals surface area contributed by atoms with Crippen molar-refractivity contribution >= 4 is 17.3 Å². The Balaban J connectivity index is 1.61. The molecule has 5 rings (SSSR count). The van der Waals surface area contributed by atoms with Gasteiger partial charge in [0.25, 0.3) is 5.89 Å². The summed E-state index contributed by atoms with van der Waals surface area (Å²) in [4.78, 5) is 19.8. The van der Waals surface area contributed by atoms with Crippen molar-refractivity contribution in [2.24, 2.45) is 0 Å². The van der Waals surface area contributed by atoms with Gasteiger partial charge in [-0.15, -0.1) is 0 Å². The molecule has 0 saturated carbocycles. The third kappa shape index (κ3) is 4.85. The summed E-state index contributed by atoms with van der Waals surface area (Å²) in [5.41, 5.74) is 6.36. The van der Waals surface area contributed by atoms with Crippen molar-refractivity contribution in [1.82, 2.24) is 15.5 Å². The van der Waals surface area contributed by atoms with Crippen molar-refractivity contribution in [2.75, 3.05) is 11.5 Å². The van der Waals surface area contributed by atoms with Crippen molar-refractivity contribution in [2.45, 2.75) is 40.2 Å². The van der Waals surface area contributed by atoms with Gasteiger partial charge in [-0.2, -0.15) is 4.98 Å². The van der Waals surface area contributed by atoms with E-state index in [1.54, 1.807) is 4.90 Å². The van der Waals surface area contributed by atoms with Gasteiger partial charge in [0, 0.05) is 11.3 Å². The van der Waals surface area contributed by atoms with Crippen LogP contribution in [0.25, 0.3) is 17.0 Å². The van der Waals surface area contributed by atoms with E-state index >= 15 is 0 Å². The molecule has 0 fully saturated rings. The first kappa shape index (κ1) is 24.3. The fourth-order valence-corrected chi connectivity index (χ4v) is 4.54. The lowest BCUT2D eigenvalue weighted by Gasteiger charge is -2.35. The highest BCUT2D eigenvalue weighted by Crippen LogP contribution is 2.39. The Kier molecular flexibility index (Phi) is 6.77. The SMILES string of the molecule is CCOc1ccc(C2NC(=O)N(c3ccc(CC)cc3)C(C)=C2c2nc(-c3ccc(C)cc3)no2)cc1. The number of hydrogen-bond acceptors (Lipinski definition) is 5. The van der Waals surface area contributed by atoms with Crippen molar-refractivity contribution in [3.05, 3.63) is 101 Å². The number of carbonyl (C=O) groups excluding carboxylic acids is 1. The summed E-state index contributed by atoms with van der Waals surface area (Å²) >= 11 is 0. The number of hydrogen-bond donors (Lipinski definition) is 1. The molecular weight excluding hydrogens is 464 g/mol. The Labute approximate surface area is 216 Å². The molecule has 1 aromatic heterocycles. The summed E-state index contributed by atoms with van der Waals surface area (Å²) in [5, 5.41) is 7.42. The predicted molar refractivity (Wildman–Crippen MR) is 144 cm³/mol. The topological polar surface area (TPSA) is 80.5 Å². The van der Waals surface area contributed by atoms with Crippen LogP contribution in [0.1, 0.15) is 49.4 Å². The normalized spacial score (nSPS) is 15.6. The first-order chi connectivity index (χ1) is 18.0. The number of aryl methyl sites for hydroxylation is 2. The van der Waals surface area contributed by atoms with E-state index in [2.05, 4.69) is 17.4 Å². The molecule has 2 amide bonds. The van der Waals surface area contributed by atoms with Gasteiger partial charge in [-0.1, -0.05) is 66.2 Å².